The number of aryl methyl sites for hydroxylation is 2. The third-order valence-electron chi connectivity index (χ3n) is 4.76. The van der Waals surface area contributed by atoms with E-state index in [1.807, 2.05) is 32.0 Å². The average Bonchev–Trinajstić information content (AvgIpc) is 2.81. The van der Waals surface area contributed by atoms with Crippen LogP contribution in [0.15, 0.2) is 71.6 Å². The summed E-state index contributed by atoms with van der Waals surface area (Å²) in [6.45, 7) is 5.70. The van der Waals surface area contributed by atoms with Crippen LogP contribution in [0.1, 0.15) is 30.5 Å². The molecule has 0 aliphatic rings. The Balaban J connectivity index is 2.46. The second-order valence-electron chi connectivity index (χ2n) is 7.53. The minimum atomic E-state index is -4.82. The largest absolute Gasteiger partial charge is 0.573 e. The number of benzene rings is 2. The zero-order valence-electron chi connectivity index (χ0n) is 19.8. The van der Waals surface area contributed by atoms with Crippen LogP contribution < -0.4 is 15.1 Å². The number of carbonyl (C=O) groups is 2. The molecule has 0 spiro atoms. The summed E-state index contributed by atoms with van der Waals surface area (Å²) in [5.41, 5.74) is 3.61. The normalized spacial score (nSPS) is 12.4. The van der Waals surface area contributed by atoms with Crippen LogP contribution in [0, 0.1) is 6.92 Å². The summed E-state index contributed by atoms with van der Waals surface area (Å²) in [5.74, 6) is -0.0572. The van der Waals surface area contributed by atoms with Crippen LogP contribution in [-0.2, 0) is 16.0 Å². The van der Waals surface area contributed by atoms with E-state index in [4.69, 9.17) is 0 Å². The number of rotatable bonds is 10. The van der Waals surface area contributed by atoms with Crippen LogP contribution in [0.5, 0.6) is 5.75 Å². The summed E-state index contributed by atoms with van der Waals surface area (Å²) in [6.07, 6.45) is 2.05. The summed E-state index contributed by atoms with van der Waals surface area (Å²) in [7, 11) is 1.60. The van der Waals surface area contributed by atoms with Crippen LogP contribution in [0.25, 0.3) is 0 Å². The number of halogens is 3. The van der Waals surface area contributed by atoms with Crippen molar-refractivity contribution in [3.05, 3.63) is 83.2 Å². The molecule has 0 saturated carbocycles. The van der Waals surface area contributed by atoms with Crippen LogP contribution >= 0.6 is 0 Å². The van der Waals surface area contributed by atoms with Gasteiger partial charge in [0.25, 0.3) is 0 Å². The Labute approximate surface area is 202 Å². The standard InChI is InChI=1S/C25H27F3N4O3/c1-5-20-9-8-18(2)23(15-20)24(29-19(3)7-6-14-31(4)16-33)30-32(17-34)21-10-12-22(13-11-21)35-25(26,27)28/h6-17H,5H2,1-4H3,(H,29,30)/b14-6-,19-7+. The maximum absolute atomic E-state index is 12.5. The van der Waals surface area contributed by atoms with Crippen molar-refractivity contribution in [2.75, 3.05) is 12.1 Å². The Bertz CT molecular complexity index is 1110. The Hall–Kier alpha value is -4.08. The number of hydrogen-bond acceptors (Lipinski definition) is 4. The zero-order valence-corrected chi connectivity index (χ0v) is 19.8. The van der Waals surface area contributed by atoms with Crippen molar-refractivity contribution >= 4 is 24.3 Å². The number of hydrogen-bond donors (Lipinski definition) is 1. The van der Waals surface area contributed by atoms with Gasteiger partial charge in [-0.3, -0.25) is 9.59 Å². The highest BCUT2D eigenvalue weighted by molar-refractivity contribution is 6.02. The highest BCUT2D eigenvalue weighted by Gasteiger charge is 2.31. The van der Waals surface area contributed by atoms with Gasteiger partial charge in [-0.25, -0.2) is 5.01 Å². The van der Waals surface area contributed by atoms with E-state index in [1.54, 1.807) is 32.3 Å². The highest BCUT2D eigenvalue weighted by atomic mass is 19.4. The predicted molar refractivity (Wildman–Crippen MR) is 129 cm³/mol. The van der Waals surface area contributed by atoms with E-state index in [9.17, 15) is 22.8 Å². The molecule has 1 N–H and O–H groups in total. The van der Waals surface area contributed by atoms with Crippen molar-refractivity contribution in [3.8, 4) is 5.75 Å². The van der Waals surface area contributed by atoms with E-state index in [-0.39, 0.29) is 5.69 Å². The lowest BCUT2D eigenvalue weighted by Crippen LogP contribution is -2.28. The van der Waals surface area contributed by atoms with Crippen LogP contribution in [-0.4, -0.2) is 37.0 Å². The number of nitrogens with zero attached hydrogens (tertiary/aromatic N) is 3. The Kier molecular flexibility index (Phi) is 9.63. The fraction of sp³-hybridized carbons (Fsp3) is 0.240. The third-order valence-corrected chi connectivity index (χ3v) is 4.76. The molecule has 0 radical (unpaired) electrons. The molecule has 0 aliphatic heterocycles. The lowest BCUT2D eigenvalue weighted by atomic mass is 10.0. The van der Waals surface area contributed by atoms with E-state index in [0.29, 0.717) is 24.4 Å². The van der Waals surface area contributed by atoms with Crippen molar-refractivity contribution in [1.29, 1.82) is 0 Å². The summed E-state index contributed by atoms with van der Waals surface area (Å²) < 4.78 is 41.2. The predicted octanol–water partition coefficient (Wildman–Crippen LogP) is 4.88. The second kappa shape index (κ2) is 12.4. The van der Waals surface area contributed by atoms with E-state index < -0.39 is 12.1 Å². The minimum Gasteiger partial charge on any atom is -0.406 e. The number of alkyl halides is 3. The van der Waals surface area contributed by atoms with Gasteiger partial charge in [0, 0.05) is 24.5 Å². The molecule has 186 valence electrons. The zero-order chi connectivity index (χ0) is 26.0. The van der Waals surface area contributed by atoms with E-state index in [0.717, 1.165) is 40.3 Å². The molecule has 0 atom stereocenters. The van der Waals surface area contributed by atoms with Crippen LogP contribution in [0.3, 0.4) is 0 Å². The molecule has 0 fully saturated rings. The van der Waals surface area contributed by atoms with Crippen molar-refractivity contribution in [3.63, 3.8) is 0 Å². The smallest absolute Gasteiger partial charge is 0.406 e. The van der Waals surface area contributed by atoms with Gasteiger partial charge >= 0.3 is 6.36 Å². The molecule has 0 bridgehead atoms. The van der Waals surface area contributed by atoms with Crippen LogP contribution in [0.2, 0.25) is 0 Å². The van der Waals surface area contributed by atoms with Gasteiger partial charge in [0.05, 0.1) is 5.69 Å². The van der Waals surface area contributed by atoms with Crippen molar-refractivity contribution in [2.45, 2.75) is 33.6 Å². The average molecular weight is 489 g/mol. The summed E-state index contributed by atoms with van der Waals surface area (Å²) in [4.78, 5) is 24.0. The molecule has 0 aromatic heterocycles. The molecule has 2 aromatic rings. The SMILES string of the molecule is CCc1ccc(C)c(/C(=N\N(C=O)c2ccc(OC(F)(F)F)cc2)N/C(C)=C/C=C\N(C)C=O)c1. The molecule has 2 aromatic carbocycles. The fourth-order valence-electron chi connectivity index (χ4n) is 2.93. The Morgan fingerprint density at radius 1 is 1.11 bits per heavy atom. The molecule has 0 heterocycles. The Morgan fingerprint density at radius 3 is 2.37 bits per heavy atom. The number of carbonyl (C=O) groups excluding carboxylic acids is 2. The monoisotopic (exact) mass is 488 g/mol. The number of ether oxygens (including phenoxy) is 1. The number of allylic oxidation sites excluding steroid dienone is 3. The first-order valence-corrected chi connectivity index (χ1v) is 10.6. The second-order valence-corrected chi connectivity index (χ2v) is 7.53. The van der Waals surface area contributed by atoms with Gasteiger partial charge in [-0.1, -0.05) is 19.1 Å². The third kappa shape index (κ3) is 8.65. The summed E-state index contributed by atoms with van der Waals surface area (Å²) in [5, 5.41) is 8.64. The number of nitrogens with one attached hydrogen (secondary N) is 1. The number of hydrazone groups is 1. The van der Waals surface area contributed by atoms with Gasteiger partial charge in [-0.05, 0) is 73.9 Å². The molecular weight excluding hydrogens is 461 g/mol. The summed E-state index contributed by atoms with van der Waals surface area (Å²) >= 11 is 0. The molecule has 10 heteroatoms. The van der Waals surface area contributed by atoms with E-state index in [1.165, 1.54) is 17.0 Å². The Morgan fingerprint density at radius 2 is 1.80 bits per heavy atom. The quantitative estimate of drug-likeness (QED) is 0.170. The lowest BCUT2D eigenvalue weighted by molar-refractivity contribution is -0.274. The van der Waals surface area contributed by atoms with Gasteiger partial charge in [-0.15, -0.1) is 18.3 Å². The molecule has 0 unspecified atom stereocenters. The number of amides is 2. The molecule has 0 aliphatic carbocycles. The maximum atomic E-state index is 12.5. The summed E-state index contributed by atoms with van der Waals surface area (Å²) in [6, 6.07) is 10.7. The van der Waals surface area contributed by atoms with Gasteiger partial charge in [0.2, 0.25) is 12.8 Å². The van der Waals surface area contributed by atoms with E-state index in [2.05, 4.69) is 15.2 Å². The van der Waals surface area contributed by atoms with E-state index >= 15 is 0 Å². The maximum Gasteiger partial charge on any atom is 0.573 e. The molecule has 35 heavy (non-hydrogen) atoms. The topological polar surface area (TPSA) is 74.2 Å². The van der Waals surface area contributed by atoms with Gasteiger partial charge in [-0.2, -0.15) is 0 Å². The molecule has 2 rings (SSSR count). The van der Waals surface area contributed by atoms with Gasteiger partial charge < -0.3 is 15.0 Å². The molecular formula is C25H27F3N4O3. The molecule has 0 saturated heterocycles. The first kappa shape index (κ1) is 27.2. The van der Waals surface area contributed by atoms with Crippen molar-refractivity contribution in [1.82, 2.24) is 10.2 Å². The molecule has 2 amide bonds. The highest BCUT2D eigenvalue weighted by Crippen LogP contribution is 2.25. The van der Waals surface area contributed by atoms with Gasteiger partial charge in [0.1, 0.15) is 5.75 Å². The van der Waals surface area contributed by atoms with Crippen LogP contribution in [0.4, 0.5) is 18.9 Å². The van der Waals surface area contributed by atoms with Crippen molar-refractivity contribution < 1.29 is 27.5 Å². The van der Waals surface area contributed by atoms with Crippen molar-refractivity contribution in [2.24, 2.45) is 5.10 Å². The number of anilines is 1. The van der Waals surface area contributed by atoms with Gasteiger partial charge in [0.15, 0.2) is 5.84 Å². The first-order chi connectivity index (χ1) is 16.6. The minimum absolute atomic E-state index is 0.243. The first-order valence-electron chi connectivity index (χ1n) is 10.6. The molecule has 7 nitrogen and oxygen atoms in total. The number of amidine groups is 1. The fourth-order valence-corrected chi connectivity index (χ4v) is 2.93. The lowest BCUT2D eigenvalue weighted by Gasteiger charge is -2.18.